The van der Waals surface area contributed by atoms with Crippen molar-refractivity contribution in [2.24, 2.45) is 11.3 Å². The summed E-state index contributed by atoms with van der Waals surface area (Å²) in [6.45, 7) is 3.32. The van der Waals surface area contributed by atoms with Crippen LogP contribution in [-0.4, -0.2) is 47.0 Å². The maximum Gasteiger partial charge on any atom is 0.313 e. The molecule has 6 heteroatoms. The van der Waals surface area contributed by atoms with E-state index in [1.54, 1.807) is 6.92 Å². The molecular formula is C11H15NO5. The number of carbonyl (C=O) groups is 3. The van der Waals surface area contributed by atoms with E-state index in [0.29, 0.717) is 0 Å². The standard InChI is InChI=1S/C11H15NO5/c1-6-3-8(13)12(9(6)14)7-4-17-5-11(7,2)10(15)16/h6-7H,3-5H2,1-2H3,(H,15,16). The molecule has 17 heavy (non-hydrogen) atoms. The van der Waals surface area contributed by atoms with Crippen LogP contribution in [0.25, 0.3) is 0 Å². The topological polar surface area (TPSA) is 83.9 Å². The van der Waals surface area contributed by atoms with E-state index in [2.05, 4.69) is 0 Å². The predicted molar refractivity (Wildman–Crippen MR) is 56.0 cm³/mol. The van der Waals surface area contributed by atoms with Gasteiger partial charge in [0.15, 0.2) is 0 Å². The van der Waals surface area contributed by atoms with Crippen molar-refractivity contribution >= 4 is 17.8 Å². The fraction of sp³-hybridized carbons (Fsp3) is 0.727. The van der Waals surface area contributed by atoms with Crippen molar-refractivity contribution in [1.82, 2.24) is 4.90 Å². The number of nitrogens with zero attached hydrogens (tertiary/aromatic N) is 1. The molecule has 0 aromatic carbocycles. The molecule has 3 atom stereocenters. The Kier molecular flexibility index (Phi) is 2.69. The molecular weight excluding hydrogens is 226 g/mol. The largest absolute Gasteiger partial charge is 0.481 e. The quantitative estimate of drug-likeness (QED) is 0.681. The predicted octanol–water partition coefficient (Wildman–Crippen LogP) is -0.129. The summed E-state index contributed by atoms with van der Waals surface area (Å²) < 4.78 is 5.15. The number of carboxylic acid groups (broad SMARTS) is 1. The second kappa shape index (κ2) is 3.80. The molecule has 0 saturated carbocycles. The minimum Gasteiger partial charge on any atom is -0.481 e. The first kappa shape index (κ1) is 12.0. The molecule has 2 saturated heterocycles. The van der Waals surface area contributed by atoms with Crippen molar-refractivity contribution in [3.8, 4) is 0 Å². The fourth-order valence-corrected chi connectivity index (χ4v) is 2.36. The Morgan fingerprint density at radius 1 is 1.53 bits per heavy atom. The van der Waals surface area contributed by atoms with Gasteiger partial charge in [-0.05, 0) is 6.92 Å². The highest BCUT2D eigenvalue weighted by molar-refractivity contribution is 6.04. The third kappa shape index (κ3) is 1.63. The number of amides is 2. The average Bonchev–Trinajstić information content (AvgIpc) is 2.72. The summed E-state index contributed by atoms with van der Waals surface area (Å²) in [5.41, 5.74) is -1.20. The van der Waals surface area contributed by atoms with Crippen LogP contribution in [0.3, 0.4) is 0 Å². The molecule has 0 radical (unpaired) electrons. The Labute approximate surface area is 98.5 Å². The number of hydrogen-bond acceptors (Lipinski definition) is 4. The Morgan fingerprint density at radius 3 is 2.65 bits per heavy atom. The lowest BCUT2D eigenvalue weighted by molar-refractivity contribution is -0.154. The number of likely N-dealkylation sites (tertiary alicyclic amines) is 1. The zero-order chi connectivity index (χ0) is 12.8. The second-order valence-electron chi connectivity index (χ2n) is 4.96. The molecule has 94 valence electrons. The summed E-state index contributed by atoms with van der Waals surface area (Å²) >= 11 is 0. The molecule has 3 unspecified atom stereocenters. The Balaban J connectivity index is 2.31. The maximum absolute atomic E-state index is 11.9. The van der Waals surface area contributed by atoms with E-state index >= 15 is 0 Å². The lowest BCUT2D eigenvalue weighted by Crippen LogP contribution is -2.52. The summed E-state index contributed by atoms with van der Waals surface area (Å²) in [4.78, 5) is 36.0. The van der Waals surface area contributed by atoms with Crippen LogP contribution >= 0.6 is 0 Å². The van der Waals surface area contributed by atoms with E-state index in [4.69, 9.17) is 4.74 Å². The molecule has 0 aromatic rings. The van der Waals surface area contributed by atoms with Crippen molar-refractivity contribution < 1.29 is 24.2 Å². The molecule has 0 aromatic heterocycles. The van der Waals surface area contributed by atoms with Gasteiger partial charge in [-0.25, -0.2) is 0 Å². The van der Waals surface area contributed by atoms with Crippen LogP contribution in [0, 0.1) is 11.3 Å². The van der Waals surface area contributed by atoms with Crippen molar-refractivity contribution in [2.75, 3.05) is 13.2 Å². The normalized spacial score (nSPS) is 37.9. The minimum atomic E-state index is -1.20. The third-order valence-electron chi connectivity index (χ3n) is 3.62. The lowest BCUT2D eigenvalue weighted by atomic mass is 9.84. The van der Waals surface area contributed by atoms with Gasteiger partial charge < -0.3 is 9.84 Å². The monoisotopic (exact) mass is 241 g/mol. The summed E-state index contributed by atoms with van der Waals surface area (Å²) in [7, 11) is 0. The zero-order valence-electron chi connectivity index (χ0n) is 9.80. The lowest BCUT2D eigenvalue weighted by Gasteiger charge is -2.31. The van der Waals surface area contributed by atoms with E-state index in [0.717, 1.165) is 4.90 Å². The van der Waals surface area contributed by atoms with Crippen molar-refractivity contribution in [1.29, 1.82) is 0 Å². The highest BCUT2D eigenvalue weighted by atomic mass is 16.5. The van der Waals surface area contributed by atoms with E-state index in [-0.39, 0.29) is 37.4 Å². The molecule has 1 N–H and O–H groups in total. The van der Waals surface area contributed by atoms with E-state index in [9.17, 15) is 19.5 Å². The molecule has 6 nitrogen and oxygen atoms in total. The number of rotatable bonds is 2. The number of carboxylic acids is 1. The smallest absolute Gasteiger partial charge is 0.313 e. The van der Waals surface area contributed by atoms with Crippen molar-refractivity contribution in [3.63, 3.8) is 0 Å². The molecule has 2 aliphatic rings. The van der Waals surface area contributed by atoms with Gasteiger partial charge in [0.25, 0.3) is 0 Å². The summed E-state index contributed by atoms with van der Waals surface area (Å²) in [5.74, 6) is -2.00. The van der Waals surface area contributed by atoms with E-state index in [1.807, 2.05) is 0 Å². The molecule has 2 heterocycles. The van der Waals surface area contributed by atoms with Gasteiger partial charge in [-0.2, -0.15) is 0 Å². The second-order valence-corrected chi connectivity index (χ2v) is 4.96. The third-order valence-corrected chi connectivity index (χ3v) is 3.62. The number of hydrogen-bond donors (Lipinski definition) is 1. The van der Waals surface area contributed by atoms with Crippen LogP contribution in [0.4, 0.5) is 0 Å². The van der Waals surface area contributed by atoms with E-state index in [1.165, 1.54) is 6.92 Å². The highest BCUT2D eigenvalue weighted by Crippen LogP contribution is 2.36. The number of carbonyl (C=O) groups excluding carboxylic acids is 2. The van der Waals surface area contributed by atoms with Crippen LogP contribution < -0.4 is 0 Å². The number of imide groups is 1. The first-order valence-corrected chi connectivity index (χ1v) is 5.55. The maximum atomic E-state index is 11.9. The fourth-order valence-electron chi connectivity index (χ4n) is 2.36. The van der Waals surface area contributed by atoms with E-state index < -0.39 is 17.4 Å². The van der Waals surface area contributed by atoms with Gasteiger partial charge in [-0.15, -0.1) is 0 Å². The van der Waals surface area contributed by atoms with Crippen LogP contribution in [0.2, 0.25) is 0 Å². The van der Waals surface area contributed by atoms with Crippen LogP contribution in [0.5, 0.6) is 0 Å². The highest BCUT2D eigenvalue weighted by Gasteiger charge is 2.54. The Hall–Kier alpha value is -1.43. The van der Waals surface area contributed by atoms with Gasteiger partial charge in [0, 0.05) is 12.3 Å². The molecule has 2 rings (SSSR count). The van der Waals surface area contributed by atoms with Crippen LogP contribution in [0.15, 0.2) is 0 Å². The first-order valence-electron chi connectivity index (χ1n) is 5.55. The SMILES string of the molecule is CC1CC(=O)N(C2COCC2(C)C(=O)O)C1=O. The summed E-state index contributed by atoms with van der Waals surface area (Å²) in [6, 6.07) is -0.690. The Bertz CT molecular complexity index is 393. The van der Waals surface area contributed by atoms with Gasteiger partial charge >= 0.3 is 5.97 Å². The molecule has 0 bridgehead atoms. The molecule has 0 aliphatic carbocycles. The molecule has 2 amide bonds. The summed E-state index contributed by atoms with van der Waals surface area (Å²) in [6.07, 6.45) is 0.158. The minimum absolute atomic E-state index is 0.0262. The molecule has 2 aliphatic heterocycles. The van der Waals surface area contributed by atoms with Crippen LogP contribution in [-0.2, 0) is 19.1 Å². The van der Waals surface area contributed by atoms with Crippen molar-refractivity contribution in [2.45, 2.75) is 26.3 Å². The first-order chi connectivity index (χ1) is 7.88. The molecule has 0 spiro atoms. The van der Waals surface area contributed by atoms with Gasteiger partial charge in [0.2, 0.25) is 11.8 Å². The van der Waals surface area contributed by atoms with Gasteiger partial charge in [0.1, 0.15) is 5.41 Å². The van der Waals surface area contributed by atoms with Gasteiger partial charge in [-0.3, -0.25) is 19.3 Å². The van der Waals surface area contributed by atoms with Crippen molar-refractivity contribution in [3.05, 3.63) is 0 Å². The zero-order valence-corrected chi connectivity index (χ0v) is 9.80. The number of aliphatic carboxylic acids is 1. The Morgan fingerprint density at radius 2 is 2.18 bits per heavy atom. The van der Waals surface area contributed by atoms with Gasteiger partial charge in [0.05, 0.1) is 19.3 Å². The summed E-state index contributed by atoms with van der Waals surface area (Å²) in [5, 5.41) is 9.21. The average molecular weight is 241 g/mol. The molecule has 2 fully saturated rings. The van der Waals surface area contributed by atoms with Gasteiger partial charge in [-0.1, -0.05) is 6.92 Å². The van der Waals surface area contributed by atoms with Crippen LogP contribution in [0.1, 0.15) is 20.3 Å². The number of ether oxygens (including phenoxy) is 1.